The molecule has 1 nitrogen and oxygen atoms in total. The van der Waals surface area contributed by atoms with Gasteiger partial charge in [0.1, 0.15) is 5.82 Å². The van der Waals surface area contributed by atoms with Crippen LogP contribution < -0.4 is 0 Å². The van der Waals surface area contributed by atoms with Crippen molar-refractivity contribution in [3.63, 3.8) is 0 Å². The first-order valence-electron chi connectivity index (χ1n) is 16.7. The summed E-state index contributed by atoms with van der Waals surface area (Å²) in [6.07, 6.45) is 15.4. The molecule has 0 unspecified atom stereocenters. The van der Waals surface area contributed by atoms with Gasteiger partial charge < -0.3 is 4.74 Å². The van der Waals surface area contributed by atoms with Crippen molar-refractivity contribution in [3.8, 4) is 0 Å². The lowest BCUT2D eigenvalue weighted by Gasteiger charge is -2.42. The van der Waals surface area contributed by atoms with Crippen LogP contribution in [0.15, 0.2) is 18.2 Å². The van der Waals surface area contributed by atoms with E-state index in [2.05, 4.69) is 13.8 Å². The molecule has 4 fully saturated rings. The molecule has 4 aliphatic rings. The summed E-state index contributed by atoms with van der Waals surface area (Å²) >= 11 is 0. The van der Waals surface area contributed by atoms with Gasteiger partial charge in [-0.1, -0.05) is 45.2 Å². The van der Waals surface area contributed by atoms with Crippen LogP contribution in [0.5, 0.6) is 0 Å². The molecule has 0 N–H and O–H groups in total. The summed E-state index contributed by atoms with van der Waals surface area (Å²) in [5.74, 6) is 3.70. The molecule has 0 bridgehead atoms. The third kappa shape index (κ3) is 7.44. The van der Waals surface area contributed by atoms with E-state index in [1.54, 1.807) is 6.07 Å². The quantitative estimate of drug-likeness (QED) is 0.315. The smallest absolute Gasteiger partial charge is 0.317 e. The fourth-order valence-corrected chi connectivity index (χ4v) is 8.89. The second-order valence-electron chi connectivity index (χ2n) is 14.1. The first-order chi connectivity index (χ1) is 18.8. The average Bonchev–Trinajstić information content (AvgIpc) is 2.95. The Kier molecular flexibility index (Phi) is 10.0. The molecular weight excluding hydrogens is 493 g/mol. The van der Waals surface area contributed by atoms with E-state index in [9.17, 15) is 4.39 Å². The molecule has 5 rings (SSSR count). The van der Waals surface area contributed by atoms with E-state index < -0.39 is 12.0 Å². The van der Waals surface area contributed by atoms with Crippen molar-refractivity contribution in [1.29, 1.82) is 0 Å². The molecule has 4 aliphatic carbocycles. The molecule has 220 valence electrons. The van der Waals surface area contributed by atoms with E-state index in [-0.39, 0.29) is 17.8 Å². The van der Waals surface area contributed by atoms with Gasteiger partial charge in [0.15, 0.2) is 0 Å². The van der Waals surface area contributed by atoms with Crippen LogP contribution in [0.25, 0.3) is 0 Å². The van der Waals surface area contributed by atoms with E-state index in [0.29, 0.717) is 31.6 Å². The molecule has 1 aromatic rings. The number of rotatable bonds is 8. The van der Waals surface area contributed by atoms with E-state index in [1.165, 1.54) is 51.4 Å². The maximum Gasteiger partial charge on any atom is 0.358 e. The minimum absolute atomic E-state index is 0.123. The third-order valence-corrected chi connectivity index (χ3v) is 11.5. The van der Waals surface area contributed by atoms with Gasteiger partial charge in [-0.15, -0.1) is 0 Å². The highest BCUT2D eigenvalue weighted by molar-refractivity contribution is 5.27. The molecule has 0 aliphatic heterocycles. The molecule has 0 amide bonds. The molecule has 39 heavy (non-hydrogen) atoms. The number of benzene rings is 1. The lowest BCUT2D eigenvalue weighted by Crippen LogP contribution is -2.39. The fraction of sp³-hybridized carbons (Fsp3) is 0.829. The standard InChI is InChI=1S/C35H53F3O/c1-3-4-30-13-14-31(23-34(30)36)29-17-21-33(22-18-29)39-35(37,38)32-19-15-28(16-20-32)27-11-9-26(10-12-27)25-7-5-24(2)6-8-25/h13-14,23-29,32-33H,3-12,15-22H2,1-2H3. The van der Waals surface area contributed by atoms with E-state index in [4.69, 9.17) is 4.74 Å². The first kappa shape index (κ1) is 29.5. The van der Waals surface area contributed by atoms with Crippen LogP contribution in [0.2, 0.25) is 0 Å². The summed E-state index contributed by atoms with van der Waals surface area (Å²) in [6, 6.07) is 5.62. The summed E-state index contributed by atoms with van der Waals surface area (Å²) in [4.78, 5) is 0. The van der Waals surface area contributed by atoms with Gasteiger partial charge in [-0.2, -0.15) is 8.78 Å². The largest absolute Gasteiger partial charge is 0.358 e. The molecule has 0 spiro atoms. The minimum atomic E-state index is -3.02. The Hall–Kier alpha value is -1.03. The van der Waals surface area contributed by atoms with Gasteiger partial charge in [-0.3, -0.25) is 0 Å². The number of halogens is 3. The Morgan fingerprint density at radius 1 is 0.718 bits per heavy atom. The second kappa shape index (κ2) is 13.3. The predicted molar refractivity (Wildman–Crippen MR) is 153 cm³/mol. The molecule has 4 saturated carbocycles. The Bertz CT molecular complexity index is 883. The summed E-state index contributed by atoms with van der Waals surface area (Å²) in [6.45, 7) is 4.46. The summed E-state index contributed by atoms with van der Waals surface area (Å²) in [7, 11) is 0. The molecule has 1 aromatic carbocycles. The van der Waals surface area contributed by atoms with E-state index >= 15 is 8.78 Å². The van der Waals surface area contributed by atoms with Crippen LogP contribution in [0, 0.1) is 41.3 Å². The zero-order chi connectivity index (χ0) is 27.4. The van der Waals surface area contributed by atoms with Crippen LogP contribution in [0.3, 0.4) is 0 Å². The maximum absolute atomic E-state index is 15.3. The van der Waals surface area contributed by atoms with Crippen molar-refractivity contribution < 1.29 is 17.9 Å². The monoisotopic (exact) mass is 546 g/mol. The summed E-state index contributed by atoms with van der Waals surface area (Å²) < 4.78 is 50.5. The van der Waals surface area contributed by atoms with Crippen LogP contribution in [-0.2, 0) is 11.2 Å². The molecule has 0 saturated heterocycles. The van der Waals surface area contributed by atoms with Gasteiger partial charge in [0, 0.05) is 0 Å². The maximum atomic E-state index is 15.3. The number of ether oxygens (including phenoxy) is 1. The predicted octanol–water partition coefficient (Wildman–Crippen LogP) is 10.9. The summed E-state index contributed by atoms with van der Waals surface area (Å²) in [5, 5.41) is 0. The topological polar surface area (TPSA) is 9.23 Å². The van der Waals surface area contributed by atoms with Gasteiger partial charge in [0.2, 0.25) is 0 Å². The fourth-order valence-electron chi connectivity index (χ4n) is 8.89. The first-order valence-corrected chi connectivity index (χ1v) is 16.7. The lowest BCUT2D eigenvalue weighted by atomic mass is 9.65. The van der Waals surface area contributed by atoms with Crippen LogP contribution in [0.4, 0.5) is 13.2 Å². The van der Waals surface area contributed by atoms with Crippen molar-refractivity contribution in [1.82, 2.24) is 0 Å². The zero-order valence-electron chi connectivity index (χ0n) is 24.6. The number of alkyl halides is 2. The van der Waals surface area contributed by atoms with Crippen molar-refractivity contribution in [2.24, 2.45) is 35.5 Å². The van der Waals surface area contributed by atoms with E-state index in [0.717, 1.165) is 73.3 Å². The van der Waals surface area contributed by atoms with Crippen molar-refractivity contribution in [3.05, 3.63) is 35.1 Å². The van der Waals surface area contributed by atoms with Crippen LogP contribution in [-0.4, -0.2) is 12.2 Å². The van der Waals surface area contributed by atoms with E-state index in [1.807, 2.05) is 12.1 Å². The Labute approximate surface area is 236 Å². The third-order valence-electron chi connectivity index (χ3n) is 11.5. The Balaban J connectivity index is 1.03. The molecule has 0 radical (unpaired) electrons. The molecule has 0 aromatic heterocycles. The second-order valence-corrected chi connectivity index (χ2v) is 14.1. The number of aryl methyl sites for hydroxylation is 1. The van der Waals surface area contributed by atoms with Crippen molar-refractivity contribution in [2.45, 2.75) is 148 Å². The number of hydrogen-bond acceptors (Lipinski definition) is 1. The molecule has 0 atom stereocenters. The zero-order valence-corrected chi connectivity index (χ0v) is 24.6. The Morgan fingerprint density at radius 3 is 1.74 bits per heavy atom. The van der Waals surface area contributed by atoms with Crippen LogP contribution in [0.1, 0.15) is 140 Å². The summed E-state index contributed by atoms with van der Waals surface area (Å²) in [5.41, 5.74) is 1.78. The molecule has 0 heterocycles. The highest BCUT2D eigenvalue weighted by Crippen LogP contribution is 2.48. The highest BCUT2D eigenvalue weighted by Gasteiger charge is 2.46. The lowest BCUT2D eigenvalue weighted by molar-refractivity contribution is -0.301. The Morgan fingerprint density at radius 2 is 1.23 bits per heavy atom. The van der Waals surface area contributed by atoms with Gasteiger partial charge >= 0.3 is 6.11 Å². The minimum Gasteiger partial charge on any atom is -0.317 e. The molecule has 4 heteroatoms. The van der Waals surface area contributed by atoms with Gasteiger partial charge in [-0.05, 0) is 149 Å². The van der Waals surface area contributed by atoms with Crippen LogP contribution >= 0.6 is 0 Å². The SMILES string of the molecule is CCCc1ccc(C2CCC(OC(F)(F)C3CCC(C4CCC(C5CCC(C)CC5)CC4)CC3)CC2)cc1F. The van der Waals surface area contributed by atoms with Crippen molar-refractivity contribution in [2.75, 3.05) is 0 Å². The number of hydrogen-bond donors (Lipinski definition) is 0. The van der Waals surface area contributed by atoms with Gasteiger partial charge in [0.05, 0.1) is 12.0 Å². The normalized spacial score (nSPS) is 36.5. The molecular formula is C35H53F3O. The van der Waals surface area contributed by atoms with Crippen molar-refractivity contribution >= 4 is 0 Å². The van der Waals surface area contributed by atoms with Gasteiger partial charge in [-0.25, -0.2) is 4.39 Å². The van der Waals surface area contributed by atoms with Gasteiger partial charge in [0.25, 0.3) is 0 Å². The highest BCUT2D eigenvalue weighted by atomic mass is 19.3. The average molecular weight is 547 g/mol.